The number of rotatable bonds is 4. The molecule has 0 bridgehead atoms. The van der Waals surface area contributed by atoms with Gasteiger partial charge in [-0.15, -0.1) is 0 Å². The van der Waals surface area contributed by atoms with E-state index >= 15 is 0 Å². The predicted molar refractivity (Wildman–Crippen MR) is 70.0 cm³/mol. The Morgan fingerprint density at radius 1 is 1.32 bits per heavy atom. The molecule has 1 heterocycles. The van der Waals surface area contributed by atoms with Gasteiger partial charge in [-0.3, -0.25) is 4.79 Å². The summed E-state index contributed by atoms with van der Waals surface area (Å²) in [5, 5.41) is 9.14. The number of amides is 1. The van der Waals surface area contributed by atoms with E-state index in [2.05, 4.69) is 0 Å². The molecule has 1 fully saturated rings. The summed E-state index contributed by atoms with van der Waals surface area (Å²) in [4.78, 5) is 25.0. The Morgan fingerprint density at radius 3 is 2.63 bits per heavy atom. The van der Waals surface area contributed by atoms with Gasteiger partial charge in [0.25, 0.3) is 5.91 Å². The van der Waals surface area contributed by atoms with Gasteiger partial charge in [0.1, 0.15) is 6.26 Å². The fourth-order valence-corrected chi connectivity index (χ4v) is 2.60. The molecule has 0 aliphatic heterocycles. The fraction of sp³-hybridized carbons (Fsp3) is 0.571. The highest BCUT2D eigenvalue weighted by molar-refractivity contribution is 5.93. The maximum Gasteiger partial charge on any atom is 0.335 e. The molecule has 1 aromatic heterocycles. The molecule has 1 aliphatic rings. The van der Waals surface area contributed by atoms with Crippen LogP contribution in [0, 0.1) is 0 Å². The molecule has 19 heavy (non-hydrogen) atoms. The number of hydrogen-bond acceptors (Lipinski definition) is 4. The van der Waals surface area contributed by atoms with Crippen molar-refractivity contribution in [3.63, 3.8) is 0 Å². The van der Waals surface area contributed by atoms with Crippen molar-refractivity contribution in [3.8, 4) is 0 Å². The van der Waals surface area contributed by atoms with E-state index in [1.54, 1.807) is 4.90 Å². The van der Waals surface area contributed by atoms with Gasteiger partial charge < -0.3 is 14.4 Å². The zero-order valence-corrected chi connectivity index (χ0v) is 10.9. The Labute approximate surface area is 111 Å². The van der Waals surface area contributed by atoms with E-state index in [9.17, 15) is 9.59 Å². The van der Waals surface area contributed by atoms with Crippen LogP contribution in [-0.2, 0) is 0 Å². The zero-order chi connectivity index (χ0) is 13.7. The first-order valence-electron chi connectivity index (χ1n) is 6.73. The van der Waals surface area contributed by atoms with Gasteiger partial charge in [0, 0.05) is 18.7 Å². The molecule has 0 spiro atoms. The number of carbonyl (C=O) groups excluding carboxylic acids is 1. The molecule has 1 aliphatic carbocycles. The lowest BCUT2D eigenvalue weighted by molar-refractivity contribution is 0.0582. The first kappa shape index (κ1) is 13.8. The van der Waals surface area contributed by atoms with Crippen molar-refractivity contribution in [3.05, 3.63) is 34.4 Å². The van der Waals surface area contributed by atoms with Gasteiger partial charge in [-0.25, -0.2) is 4.79 Å². The third-order valence-corrected chi connectivity index (χ3v) is 3.57. The topological polar surface area (TPSA) is 70.8 Å². The van der Waals surface area contributed by atoms with E-state index in [0.29, 0.717) is 12.1 Å². The number of nitrogens with zero attached hydrogens (tertiary/aromatic N) is 1. The van der Waals surface area contributed by atoms with Crippen molar-refractivity contribution in [1.82, 2.24) is 4.90 Å². The maximum absolute atomic E-state index is 12.4. The average Bonchev–Trinajstić information content (AvgIpc) is 2.46. The van der Waals surface area contributed by atoms with Gasteiger partial charge in [0.15, 0.2) is 0 Å². The van der Waals surface area contributed by atoms with E-state index in [4.69, 9.17) is 9.52 Å². The minimum atomic E-state index is -0.470. The number of aliphatic hydroxyl groups is 1. The standard InChI is InChI=1S/C14H19NO4/c16-9-8-15(12-4-2-1-3-5-12)14(18)11-6-7-13(17)19-10-11/h6-7,10,12,16H,1-5,8-9H2. The number of carbonyl (C=O) groups is 1. The highest BCUT2D eigenvalue weighted by Gasteiger charge is 2.26. The molecular formula is C14H19NO4. The Hall–Kier alpha value is -1.62. The van der Waals surface area contributed by atoms with E-state index in [0.717, 1.165) is 25.7 Å². The average molecular weight is 265 g/mol. The molecule has 5 nitrogen and oxygen atoms in total. The van der Waals surface area contributed by atoms with Gasteiger partial charge in [-0.05, 0) is 18.9 Å². The third-order valence-electron chi connectivity index (χ3n) is 3.57. The van der Waals surface area contributed by atoms with Crippen LogP contribution in [0.5, 0.6) is 0 Å². The van der Waals surface area contributed by atoms with Crippen LogP contribution in [-0.4, -0.2) is 35.1 Å². The van der Waals surface area contributed by atoms with Crippen LogP contribution in [0.3, 0.4) is 0 Å². The van der Waals surface area contributed by atoms with Gasteiger partial charge in [0.2, 0.25) is 0 Å². The van der Waals surface area contributed by atoms with E-state index < -0.39 is 5.63 Å². The summed E-state index contributed by atoms with van der Waals surface area (Å²) in [6, 6.07) is 2.90. The molecule has 1 N–H and O–H groups in total. The van der Waals surface area contributed by atoms with Crippen LogP contribution in [0.4, 0.5) is 0 Å². The summed E-state index contributed by atoms with van der Waals surface area (Å²) >= 11 is 0. The van der Waals surface area contributed by atoms with Crippen molar-refractivity contribution in [1.29, 1.82) is 0 Å². The molecule has 1 amide bonds. The summed E-state index contributed by atoms with van der Waals surface area (Å²) in [5.74, 6) is -0.176. The molecular weight excluding hydrogens is 246 g/mol. The largest absolute Gasteiger partial charge is 0.430 e. The normalized spacial score (nSPS) is 16.3. The maximum atomic E-state index is 12.4. The summed E-state index contributed by atoms with van der Waals surface area (Å²) in [6.45, 7) is 0.266. The first-order valence-corrected chi connectivity index (χ1v) is 6.73. The monoisotopic (exact) mass is 265 g/mol. The second-order valence-electron chi connectivity index (χ2n) is 4.86. The first-order chi connectivity index (χ1) is 9.22. The second-order valence-corrected chi connectivity index (χ2v) is 4.86. The summed E-state index contributed by atoms with van der Waals surface area (Å²) in [5.41, 5.74) is -0.110. The van der Waals surface area contributed by atoms with Crippen molar-refractivity contribution in [2.75, 3.05) is 13.2 Å². The Kier molecular flexibility index (Phi) is 4.74. The van der Waals surface area contributed by atoms with E-state index in [-0.39, 0.29) is 18.6 Å². The minimum Gasteiger partial charge on any atom is -0.430 e. The fourth-order valence-electron chi connectivity index (χ4n) is 2.60. The molecule has 1 aromatic rings. The molecule has 0 unspecified atom stereocenters. The van der Waals surface area contributed by atoms with Crippen LogP contribution in [0.15, 0.2) is 27.6 Å². The molecule has 2 rings (SSSR count). The van der Waals surface area contributed by atoms with Gasteiger partial charge in [0.05, 0.1) is 12.2 Å². The molecule has 0 radical (unpaired) electrons. The molecule has 0 saturated heterocycles. The lowest BCUT2D eigenvalue weighted by Gasteiger charge is -2.34. The zero-order valence-electron chi connectivity index (χ0n) is 10.9. The lowest BCUT2D eigenvalue weighted by Crippen LogP contribution is -2.43. The molecule has 0 aromatic carbocycles. The summed E-state index contributed by atoms with van der Waals surface area (Å²) in [7, 11) is 0. The van der Waals surface area contributed by atoms with Crippen molar-refractivity contribution >= 4 is 5.91 Å². The van der Waals surface area contributed by atoms with Crippen LogP contribution >= 0.6 is 0 Å². The van der Waals surface area contributed by atoms with Gasteiger partial charge in [-0.2, -0.15) is 0 Å². The highest BCUT2D eigenvalue weighted by Crippen LogP contribution is 2.23. The quantitative estimate of drug-likeness (QED) is 0.893. The van der Waals surface area contributed by atoms with Crippen LogP contribution in [0.1, 0.15) is 42.5 Å². The SMILES string of the molecule is O=C(c1ccc(=O)oc1)N(CCO)C1CCCCC1. The molecule has 5 heteroatoms. The highest BCUT2D eigenvalue weighted by atomic mass is 16.4. The van der Waals surface area contributed by atoms with Crippen molar-refractivity contribution < 1.29 is 14.3 Å². The Morgan fingerprint density at radius 2 is 2.05 bits per heavy atom. The van der Waals surface area contributed by atoms with Crippen molar-refractivity contribution in [2.24, 2.45) is 0 Å². The molecule has 104 valence electrons. The summed E-state index contributed by atoms with van der Waals surface area (Å²) < 4.78 is 4.73. The summed E-state index contributed by atoms with van der Waals surface area (Å²) in [6.07, 6.45) is 6.58. The third kappa shape index (κ3) is 3.44. The predicted octanol–water partition coefficient (Wildman–Crippen LogP) is 1.41. The second kappa shape index (κ2) is 6.52. The number of hydrogen-bond donors (Lipinski definition) is 1. The molecule has 0 atom stereocenters. The minimum absolute atomic E-state index is 0.0565. The lowest BCUT2D eigenvalue weighted by atomic mass is 9.94. The number of aliphatic hydroxyl groups excluding tert-OH is 1. The van der Waals surface area contributed by atoms with Gasteiger partial charge >= 0.3 is 5.63 Å². The van der Waals surface area contributed by atoms with Gasteiger partial charge in [-0.1, -0.05) is 19.3 Å². The Bertz CT molecular complexity index is 456. The van der Waals surface area contributed by atoms with E-state index in [1.807, 2.05) is 0 Å². The Balaban J connectivity index is 2.15. The van der Waals surface area contributed by atoms with Crippen LogP contribution < -0.4 is 5.63 Å². The molecule has 1 saturated carbocycles. The smallest absolute Gasteiger partial charge is 0.335 e. The van der Waals surface area contributed by atoms with Crippen molar-refractivity contribution in [2.45, 2.75) is 38.1 Å². The van der Waals surface area contributed by atoms with E-state index in [1.165, 1.54) is 24.8 Å². The van der Waals surface area contributed by atoms with Crippen LogP contribution in [0.2, 0.25) is 0 Å². The van der Waals surface area contributed by atoms with Crippen LogP contribution in [0.25, 0.3) is 0 Å².